The van der Waals surface area contributed by atoms with Crippen LogP contribution >= 0.6 is 0 Å². The van der Waals surface area contributed by atoms with Crippen molar-refractivity contribution in [3.63, 3.8) is 0 Å². The Morgan fingerprint density at radius 1 is 1.09 bits per heavy atom. The Balaban J connectivity index is 2.91. The van der Waals surface area contributed by atoms with E-state index in [1.165, 1.54) is 0 Å². The van der Waals surface area contributed by atoms with Gasteiger partial charge in [0.1, 0.15) is 0 Å². The lowest BCUT2D eigenvalue weighted by molar-refractivity contribution is 1.35. The lowest BCUT2D eigenvalue weighted by Gasteiger charge is -2.07. The fourth-order valence-corrected chi connectivity index (χ4v) is 1.33. The average molecular weight is 160 g/mol. The van der Waals surface area contributed by atoms with Gasteiger partial charge in [0.25, 0.3) is 0 Å². The second-order valence-corrected chi connectivity index (χ2v) is 2.77. The number of rotatable bonds is 0. The summed E-state index contributed by atoms with van der Waals surface area (Å²) in [6, 6.07) is 9.78. The maximum Gasteiger partial charge on any atom is 0.0511 e. The van der Waals surface area contributed by atoms with Crippen LogP contribution in [0.4, 0.5) is 0 Å². The summed E-state index contributed by atoms with van der Waals surface area (Å²) >= 11 is 5.09. The van der Waals surface area contributed by atoms with Crippen LogP contribution in [0.3, 0.4) is 0 Å². The monoisotopic (exact) mass is 160 g/mol. The minimum absolute atomic E-state index is 0.822. The first-order chi connectivity index (χ1) is 5.38. The molecule has 0 N–H and O–H groups in total. The van der Waals surface area contributed by atoms with Crippen molar-refractivity contribution in [1.82, 2.24) is 4.98 Å². The number of hydrogen-bond donors (Lipinski definition) is 0. The standard InChI is InChI=1S/C9H7NS/c11-8-5-1-3-7-4-2-6-10-9(7)8/h1-6,11H/p-1. The zero-order valence-electron chi connectivity index (χ0n) is 5.82. The normalized spacial score (nSPS) is 10.2. The maximum absolute atomic E-state index is 5.09. The summed E-state index contributed by atoms with van der Waals surface area (Å²) in [6.07, 6.45) is 1.76. The van der Waals surface area contributed by atoms with Gasteiger partial charge >= 0.3 is 0 Å². The van der Waals surface area contributed by atoms with Gasteiger partial charge in [-0.15, -0.1) is 4.90 Å². The van der Waals surface area contributed by atoms with Crippen LogP contribution in [0.15, 0.2) is 41.4 Å². The Hall–Kier alpha value is -1.15. The molecule has 54 valence electrons. The minimum Gasteiger partial charge on any atom is -0.778 e. The van der Waals surface area contributed by atoms with Crippen molar-refractivity contribution >= 4 is 23.5 Å². The lowest BCUT2D eigenvalue weighted by Crippen LogP contribution is -1.79. The average Bonchev–Trinajstić information content (AvgIpc) is 2.06. The minimum atomic E-state index is 0.822. The van der Waals surface area contributed by atoms with E-state index in [0.29, 0.717) is 0 Å². The molecular formula is C9H6NS-. The second-order valence-electron chi connectivity index (χ2n) is 2.33. The van der Waals surface area contributed by atoms with Crippen LogP contribution in [-0.4, -0.2) is 4.98 Å². The molecular weight excluding hydrogens is 154 g/mol. The fraction of sp³-hybridized carbons (Fsp3) is 0. The third kappa shape index (κ3) is 1.05. The van der Waals surface area contributed by atoms with Gasteiger partial charge in [0, 0.05) is 6.20 Å². The van der Waals surface area contributed by atoms with Crippen molar-refractivity contribution in [2.45, 2.75) is 4.90 Å². The highest BCUT2D eigenvalue weighted by molar-refractivity contribution is 7.59. The molecule has 2 rings (SSSR count). The molecule has 0 fully saturated rings. The van der Waals surface area contributed by atoms with E-state index >= 15 is 0 Å². The predicted molar refractivity (Wildman–Crippen MR) is 47.4 cm³/mol. The van der Waals surface area contributed by atoms with E-state index in [4.69, 9.17) is 12.6 Å². The first kappa shape index (κ1) is 6.55. The zero-order chi connectivity index (χ0) is 7.68. The zero-order valence-corrected chi connectivity index (χ0v) is 6.64. The molecule has 1 aromatic heterocycles. The van der Waals surface area contributed by atoms with Crippen molar-refractivity contribution in [2.75, 3.05) is 0 Å². The molecule has 0 amide bonds. The van der Waals surface area contributed by atoms with Crippen LogP contribution in [0.2, 0.25) is 0 Å². The highest BCUT2D eigenvalue weighted by atomic mass is 32.1. The van der Waals surface area contributed by atoms with Crippen molar-refractivity contribution in [3.8, 4) is 0 Å². The Morgan fingerprint density at radius 2 is 1.91 bits per heavy atom. The molecule has 0 spiro atoms. The summed E-state index contributed by atoms with van der Waals surface area (Å²) in [5, 5.41) is 1.11. The molecule has 2 aromatic rings. The van der Waals surface area contributed by atoms with Crippen molar-refractivity contribution in [2.24, 2.45) is 0 Å². The Morgan fingerprint density at radius 3 is 2.73 bits per heavy atom. The molecule has 0 aliphatic heterocycles. The molecule has 0 bridgehead atoms. The van der Waals surface area contributed by atoms with E-state index < -0.39 is 0 Å². The van der Waals surface area contributed by atoms with Gasteiger partial charge in [0.05, 0.1) is 5.52 Å². The molecule has 0 atom stereocenters. The van der Waals surface area contributed by atoms with Crippen molar-refractivity contribution < 1.29 is 0 Å². The van der Waals surface area contributed by atoms with E-state index in [0.717, 1.165) is 15.8 Å². The SMILES string of the molecule is [S-]c1cccc2cccnc12. The third-order valence-electron chi connectivity index (χ3n) is 1.60. The van der Waals surface area contributed by atoms with Gasteiger partial charge in [-0.05, 0) is 11.5 Å². The maximum atomic E-state index is 5.09. The second kappa shape index (κ2) is 2.47. The quantitative estimate of drug-likeness (QED) is 0.548. The van der Waals surface area contributed by atoms with Crippen molar-refractivity contribution in [1.29, 1.82) is 0 Å². The van der Waals surface area contributed by atoms with E-state index in [1.54, 1.807) is 6.20 Å². The van der Waals surface area contributed by atoms with E-state index in [-0.39, 0.29) is 0 Å². The molecule has 0 saturated carbocycles. The first-order valence-electron chi connectivity index (χ1n) is 3.39. The summed E-state index contributed by atoms with van der Waals surface area (Å²) in [5.41, 5.74) is 0.921. The molecule has 0 aliphatic carbocycles. The largest absolute Gasteiger partial charge is 0.778 e. The molecule has 1 heterocycles. The van der Waals surface area contributed by atoms with Gasteiger partial charge in [-0.2, -0.15) is 0 Å². The van der Waals surface area contributed by atoms with Crippen LogP contribution in [0.5, 0.6) is 0 Å². The van der Waals surface area contributed by atoms with Gasteiger partial charge in [0.2, 0.25) is 0 Å². The highest BCUT2D eigenvalue weighted by Crippen LogP contribution is 2.14. The Labute approximate surface area is 70.5 Å². The van der Waals surface area contributed by atoms with E-state index in [2.05, 4.69) is 4.98 Å². The Kier molecular flexibility index (Phi) is 1.47. The predicted octanol–water partition coefficient (Wildman–Crippen LogP) is 2.14. The summed E-state index contributed by atoms with van der Waals surface area (Å²) in [5.74, 6) is 0. The van der Waals surface area contributed by atoms with Crippen LogP contribution in [0, 0.1) is 0 Å². The molecule has 0 aliphatic rings. The molecule has 1 aromatic carbocycles. The van der Waals surface area contributed by atoms with Crippen LogP contribution in [0.25, 0.3) is 10.9 Å². The number of pyridine rings is 1. The molecule has 11 heavy (non-hydrogen) atoms. The molecule has 0 saturated heterocycles. The highest BCUT2D eigenvalue weighted by Gasteiger charge is 1.88. The number of aromatic nitrogens is 1. The van der Waals surface area contributed by atoms with Gasteiger partial charge in [0.15, 0.2) is 0 Å². The topological polar surface area (TPSA) is 12.9 Å². The molecule has 2 heteroatoms. The van der Waals surface area contributed by atoms with Gasteiger partial charge in [-0.1, -0.05) is 24.3 Å². The van der Waals surface area contributed by atoms with Gasteiger partial charge in [-0.25, -0.2) is 0 Å². The smallest absolute Gasteiger partial charge is 0.0511 e. The van der Waals surface area contributed by atoms with Crippen LogP contribution in [0.1, 0.15) is 0 Å². The number of nitrogens with zero attached hydrogens (tertiary/aromatic N) is 1. The lowest BCUT2D eigenvalue weighted by atomic mass is 10.2. The summed E-state index contributed by atoms with van der Waals surface area (Å²) in [6.45, 7) is 0. The number of benzene rings is 1. The van der Waals surface area contributed by atoms with E-state index in [1.807, 2.05) is 30.3 Å². The van der Waals surface area contributed by atoms with Gasteiger partial charge < -0.3 is 12.6 Å². The van der Waals surface area contributed by atoms with Gasteiger partial charge in [-0.3, -0.25) is 4.98 Å². The number of para-hydroxylation sites is 1. The molecule has 0 unspecified atom stereocenters. The third-order valence-corrected chi connectivity index (χ3v) is 1.93. The summed E-state index contributed by atoms with van der Waals surface area (Å²) in [7, 11) is 0. The molecule has 0 radical (unpaired) electrons. The van der Waals surface area contributed by atoms with Crippen molar-refractivity contribution in [3.05, 3.63) is 36.5 Å². The van der Waals surface area contributed by atoms with Crippen LogP contribution < -0.4 is 0 Å². The number of hydrogen-bond acceptors (Lipinski definition) is 2. The summed E-state index contributed by atoms with van der Waals surface area (Å²) < 4.78 is 0. The van der Waals surface area contributed by atoms with E-state index in [9.17, 15) is 0 Å². The summed E-state index contributed by atoms with van der Waals surface area (Å²) in [4.78, 5) is 5.00. The Bertz CT molecular complexity index is 379. The molecule has 1 nitrogen and oxygen atoms in total. The fourth-order valence-electron chi connectivity index (χ4n) is 1.08. The number of fused-ring (bicyclic) bond motifs is 1. The first-order valence-corrected chi connectivity index (χ1v) is 3.79. The van der Waals surface area contributed by atoms with Crippen LogP contribution in [-0.2, 0) is 12.6 Å².